The van der Waals surface area contributed by atoms with E-state index in [0.29, 0.717) is 5.96 Å². The molecule has 0 saturated heterocycles. The Hall–Kier alpha value is -2.43. The van der Waals surface area contributed by atoms with Gasteiger partial charge in [0, 0.05) is 31.5 Å². The lowest BCUT2D eigenvalue weighted by molar-refractivity contribution is 0.335. The van der Waals surface area contributed by atoms with Crippen molar-refractivity contribution in [3.8, 4) is 11.1 Å². The molecular formula is C17H19N5. The molecule has 112 valence electrons. The van der Waals surface area contributed by atoms with Crippen molar-refractivity contribution in [3.63, 3.8) is 0 Å². The van der Waals surface area contributed by atoms with Gasteiger partial charge in [0.25, 0.3) is 0 Å². The fourth-order valence-corrected chi connectivity index (χ4v) is 3.72. The van der Waals surface area contributed by atoms with Gasteiger partial charge in [-0.25, -0.2) is 15.0 Å². The number of aromatic nitrogens is 2. The zero-order valence-corrected chi connectivity index (χ0v) is 12.7. The largest absolute Gasteiger partial charge is 0.370 e. The molecule has 5 heteroatoms. The van der Waals surface area contributed by atoms with Crippen LogP contribution in [0.4, 0.5) is 0 Å². The molecule has 1 atom stereocenters. The van der Waals surface area contributed by atoms with Gasteiger partial charge in [0.05, 0.1) is 5.54 Å². The second kappa shape index (κ2) is 4.80. The van der Waals surface area contributed by atoms with Gasteiger partial charge >= 0.3 is 0 Å². The quantitative estimate of drug-likeness (QED) is 0.868. The minimum Gasteiger partial charge on any atom is -0.370 e. The summed E-state index contributed by atoms with van der Waals surface area (Å²) in [6.07, 6.45) is 8.34. The first kappa shape index (κ1) is 13.2. The van der Waals surface area contributed by atoms with E-state index in [1.807, 2.05) is 19.4 Å². The Balaban J connectivity index is 1.74. The lowest BCUT2D eigenvalue weighted by Crippen LogP contribution is -2.39. The second-order valence-electron chi connectivity index (χ2n) is 6.30. The Kier molecular flexibility index (Phi) is 2.89. The molecule has 1 aliphatic carbocycles. The first-order chi connectivity index (χ1) is 10.7. The van der Waals surface area contributed by atoms with Crippen molar-refractivity contribution in [2.75, 3.05) is 13.6 Å². The molecule has 0 bridgehead atoms. The Morgan fingerprint density at radius 3 is 2.77 bits per heavy atom. The van der Waals surface area contributed by atoms with E-state index in [2.05, 4.69) is 33.1 Å². The number of nitrogens with two attached hydrogens (primary N) is 1. The third kappa shape index (κ3) is 2.04. The predicted octanol–water partition coefficient (Wildman–Crippen LogP) is 1.63. The summed E-state index contributed by atoms with van der Waals surface area (Å²) in [5.74, 6) is 0.663. The highest BCUT2D eigenvalue weighted by atomic mass is 15.3. The number of hydrogen-bond donors (Lipinski definition) is 1. The highest BCUT2D eigenvalue weighted by Crippen LogP contribution is 2.38. The number of fused-ring (bicyclic) bond motifs is 1. The van der Waals surface area contributed by atoms with E-state index >= 15 is 0 Å². The summed E-state index contributed by atoms with van der Waals surface area (Å²) in [4.78, 5) is 15.1. The third-order valence-electron chi connectivity index (χ3n) is 4.78. The zero-order chi connectivity index (χ0) is 15.2. The van der Waals surface area contributed by atoms with Crippen LogP contribution in [0.25, 0.3) is 11.1 Å². The fourth-order valence-electron chi connectivity index (χ4n) is 3.72. The monoisotopic (exact) mass is 293 g/mol. The van der Waals surface area contributed by atoms with Gasteiger partial charge in [0.15, 0.2) is 5.96 Å². The van der Waals surface area contributed by atoms with Crippen LogP contribution in [0.5, 0.6) is 0 Å². The van der Waals surface area contributed by atoms with Crippen molar-refractivity contribution < 1.29 is 0 Å². The third-order valence-corrected chi connectivity index (χ3v) is 4.78. The molecule has 4 rings (SSSR count). The van der Waals surface area contributed by atoms with E-state index in [9.17, 15) is 0 Å². The van der Waals surface area contributed by atoms with Crippen LogP contribution < -0.4 is 5.73 Å². The molecule has 0 radical (unpaired) electrons. The van der Waals surface area contributed by atoms with Crippen LogP contribution in [0.3, 0.4) is 0 Å². The molecule has 0 fully saturated rings. The van der Waals surface area contributed by atoms with Crippen molar-refractivity contribution in [3.05, 3.63) is 48.0 Å². The van der Waals surface area contributed by atoms with Crippen molar-refractivity contribution in [1.29, 1.82) is 0 Å². The fraction of sp³-hybridized carbons (Fsp3) is 0.353. The van der Waals surface area contributed by atoms with Crippen molar-refractivity contribution in [2.24, 2.45) is 10.7 Å². The minimum absolute atomic E-state index is 0.0440. The number of nitrogens with zero attached hydrogens (tertiary/aromatic N) is 4. The van der Waals surface area contributed by atoms with Gasteiger partial charge in [-0.2, -0.15) is 0 Å². The Morgan fingerprint density at radius 1 is 1.23 bits per heavy atom. The molecule has 1 aromatic heterocycles. The van der Waals surface area contributed by atoms with Crippen LogP contribution in [-0.4, -0.2) is 40.0 Å². The molecule has 22 heavy (non-hydrogen) atoms. The molecule has 2 N–H and O–H groups in total. The Morgan fingerprint density at radius 2 is 2.05 bits per heavy atom. The molecule has 0 saturated carbocycles. The summed E-state index contributed by atoms with van der Waals surface area (Å²) >= 11 is 0. The number of guanidine groups is 1. The highest BCUT2D eigenvalue weighted by molar-refractivity contribution is 5.80. The lowest BCUT2D eigenvalue weighted by atomic mass is 9.76. The van der Waals surface area contributed by atoms with Crippen LogP contribution in [0.1, 0.15) is 17.5 Å². The molecule has 2 aliphatic rings. The number of benzene rings is 1. The molecule has 0 amide bonds. The maximum Gasteiger partial charge on any atom is 0.191 e. The van der Waals surface area contributed by atoms with Crippen LogP contribution in [0, 0.1) is 0 Å². The van der Waals surface area contributed by atoms with E-state index in [1.54, 1.807) is 6.33 Å². The average molecular weight is 293 g/mol. The van der Waals surface area contributed by atoms with E-state index in [4.69, 9.17) is 10.7 Å². The highest BCUT2D eigenvalue weighted by Gasteiger charge is 2.40. The Labute approximate surface area is 129 Å². The van der Waals surface area contributed by atoms with Gasteiger partial charge in [-0.05, 0) is 36.0 Å². The molecule has 2 heterocycles. The SMILES string of the molecule is CN1C[C@]2(CCc3c(cccc3-c3cncnc3)C2)N=C1N. The molecule has 2 aromatic rings. The molecule has 5 nitrogen and oxygen atoms in total. The van der Waals surface area contributed by atoms with Gasteiger partial charge in [-0.1, -0.05) is 18.2 Å². The predicted molar refractivity (Wildman–Crippen MR) is 86.5 cm³/mol. The molecule has 1 aliphatic heterocycles. The molecule has 1 aromatic carbocycles. The van der Waals surface area contributed by atoms with E-state index < -0.39 is 0 Å². The first-order valence-electron chi connectivity index (χ1n) is 7.59. The summed E-state index contributed by atoms with van der Waals surface area (Å²) in [6, 6.07) is 6.49. The molecule has 0 unspecified atom stereocenters. The van der Waals surface area contributed by atoms with Crippen molar-refractivity contribution in [2.45, 2.75) is 24.8 Å². The standard InChI is InChI=1S/C17H19N5/c1-22-10-17(21-16(22)18)6-5-15-12(7-17)3-2-4-14(15)13-8-19-11-20-9-13/h2-4,8-9,11H,5-7,10H2,1H3,(H2,18,21)/t17-/m1/s1. The van der Waals surface area contributed by atoms with Crippen molar-refractivity contribution >= 4 is 5.96 Å². The smallest absolute Gasteiger partial charge is 0.191 e. The number of aliphatic imine (C=N–C) groups is 1. The minimum atomic E-state index is -0.0440. The van der Waals surface area contributed by atoms with Crippen LogP contribution >= 0.6 is 0 Å². The van der Waals surface area contributed by atoms with Gasteiger partial charge < -0.3 is 10.6 Å². The maximum atomic E-state index is 5.98. The first-order valence-corrected chi connectivity index (χ1v) is 7.59. The topological polar surface area (TPSA) is 67.4 Å². The number of likely N-dealkylation sites (N-methyl/N-ethyl adjacent to an activating group) is 1. The summed E-state index contributed by atoms with van der Waals surface area (Å²) in [5, 5.41) is 0. The number of hydrogen-bond acceptors (Lipinski definition) is 5. The second-order valence-corrected chi connectivity index (χ2v) is 6.30. The van der Waals surface area contributed by atoms with Crippen LogP contribution in [0.2, 0.25) is 0 Å². The molecule has 1 spiro atoms. The number of rotatable bonds is 1. The van der Waals surface area contributed by atoms with Gasteiger partial charge in [-0.15, -0.1) is 0 Å². The normalized spacial score (nSPS) is 23.5. The summed E-state index contributed by atoms with van der Waals surface area (Å²) in [6.45, 7) is 0.914. The Bertz CT molecular complexity index is 740. The lowest BCUT2D eigenvalue weighted by Gasteiger charge is -2.33. The van der Waals surface area contributed by atoms with E-state index in [0.717, 1.165) is 31.4 Å². The average Bonchev–Trinajstić information content (AvgIpc) is 2.81. The van der Waals surface area contributed by atoms with Gasteiger partial charge in [0.2, 0.25) is 0 Å². The molecular weight excluding hydrogens is 274 g/mol. The van der Waals surface area contributed by atoms with Crippen LogP contribution in [0.15, 0.2) is 41.9 Å². The van der Waals surface area contributed by atoms with E-state index in [-0.39, 0.29) is 5.54 Å². The van der Waals surface area contributed by atoms with E-state index in [1.165, 1.54) is 16.7 Å². The summed E-state index contributed by atoms with van der Waals surface area (Å²) < 4.78 is 0. The summed E-state index contributed by atoms with van der Waals surface area (Å²) in [5.41, 5.74) is 11.1. The van der Waals surface area contributed by atoms with Gasteiger partial charge in [-0.3, -0.25) is 0 Å². The van der Waals surface area contributed by atoms with Gasteiger partial charge in [0.1, 0.15) is 6.33 Å². The van der Waals surface area contributed by atoms with Crippen molar-refractivity contribution in [1.82, 2.24) is 14.9 Å². The van der Waals surface area contributed by atoms with Crippen LogP contribution in [-0.2, 0) is 12.8 Å². The summed E-state index contributed by atoms with van der Waals surface area (Å²) in [7, 11) is 2.01. The zero-order valence-electron chi connectivity index (χ0n) is 12.7. The maximum absolute atomic E-state index is 5.98.